The number of carbonyl (C=O) groups excluding carboxylic acids is 1. The first-order valence-electron chi connectivity index (χ1n) is 9.66. The number of carbonyl (C=O) groups is 1. The van der Waals surface area contributed by atoms with Crippen molar-refractivity contribution >= 4 is 5.91 Å². The molecule has 1 aromatic heterocycles. The van der Waals surface area contributed by atoms with Crippen LogP contribution in [0, 0.1) is 0 Å². The molecule has 0 radical (unpaired) electrons. The second-order valence-corrected chi connectivity index (χ2v) is 7.34. The first kappa shape index (κ1) is 19.2. The molecule has 1 atom stereocenters. The highest BCUT2D eigenvalue weighted by atomic mass is 16.5. The fourth-order valence-electron chi connectivity index (χ4n) is 3.34. The molecule has 0 aliphatic carbocycles. The zero-order valence-corrected chi connectivity index (χ0v) is 16.3. The lowest BCUT2D eigenvalue weighted by atomic mass is 10.1. The first-order chi connectivity index (χ1) is 12.9. The van der Waals surface area contributed by atoms with Gasteiger partial charge < -0.3 is 10.1 Å². The Bertz CT molecular complexity index is 836. The number of aryl methyl sites for hydroxylation is 1. The topological polar surface area (TPSA) is 78.2 Å². The van der Waals surface area contributed by atoms with Crippen LogP contribution in [0.25, 0.3) is 0 Å². The summed E-state index contributed by atoms with van der Waals surface area (Å²) in [6.07, 6.45) is 4.05. The number of ether oxygens (including phenoxy) is 1. The van der Waals surface area contributed by atoms with E-state index in [4.69, 9.17) is 4.74 Å². The summed E-state index contributed by atoms with van der Waals surface area (Å²) in [5.41, 5.74) is 0.789. The molecule has 1 aromatic carbocycles. The van der Waals surface area contributed by atoms with Gasteiger partial charge in [-0.2, -0.15) is 5.10 Å². The summed E-state index contributed by atoms with van der Waals surface area (Å²) in [7, 11) is 0. The number of nitrogens with zero attached hydrogens (tertiary/aromatic N) is 3. The van der Waals surface area contributed by atoms with Crippen molar-refractivity contribution in [2.45, 2.75) is 71.7 Å². The molecule has 7 nitrogen and oxygen atoms in total. The molecule has 0 bridgehead atoms. The second kappa shape index (κ2) is 8.41. The Kier molecular flexibility index (Phi) is 5.98. The smallest absolute Gasteiger partial charge is 0.346 e. The summed E-state index contributed by atoms with van der Waals surface area (Å²) >= 11 is 0. The van der Waals surface area contributed by atoms with Gasteiger partial charge >= 0.3 is 5.69 Å². The van der Waals surface area contributed by atoms with Crippen LogP contribution in [0.15, 0.2) is 29.1 Å². The van der Waals surface area contributed by atoms with Crippen LogP contribution in [-0.2, 0) is 24.3 Å². The highest BCUT2D eigenvalue weighted by molar-refractivity contribution is 5.76. The molecule has 27 heavy (non-hydrogen) atoms. The number of rotatable bonds is 6. The van der Waals surface area contributed by atoms with Gasteiger partial charge in [0.2, 0.25) is 5.91 Å². The van der Waals surface area contributed by atoms with Crippen LogP contribution in [0.1, 0.15) is 57.5 Å². The van der Waals surface area contributed by atoms with Gasteiger partial charge in [0, 0.05) is 13.0 Å². The lowest BCUT2D eigenvalue weighted by Gasteiger charge is -2.15. The molecule has 2 heterocycles. The minimum Gasteiger partial charge on any atom is -0.491 e. The molecular formula is C20H28N4O3. The molecule has 146 valence electrons. The van der Waals surface area contributed by atoms with Crippen molar-refractivity contribution in [3.05, 3.63) is 46.1 Å². The third-order valence-corrected chi connectivity index (χ3v) is 4.70. The van der Waals surface area contributed by atoms with Crippen LogP contribution in [0.5, 0.6) is 5.75 Å². The SMILES string of the molecule is CC(C)Oc1ccc(C(C)NC(=O)Cn2nc3n(c2=O)CCCCC3)cc1. The number of fused-ring (bicyclic) bond motifs is 1. The molecule has 2 aromatic rings. The van der Waals surface area contributed by atoms with Crippen molar-refractivity contribution in [3.8, 4) is 5.75 Å². The van der Waals surface area contributed by atoms with Crippen molar-refractivity contribution in [1.82, 2.24) is 19.7 Å². The van der Waals surface area contributed by atoms with Gasteiger partial charge in [0.1, 0.15) is 18.1 Å². The van der Waals surface area contributed by atoms with E-state index in [2.05, 4.69) is 10.4 Å². The van der Waals surface area contributed by atoms with Gasteiger partial charge in [-0.3, -0.25) is 9.36 Å². The Labute approximate surface area is 159 Å². The Morgan fingerprint density at radius 1 is 1.19 bits per heavy atom. The maximum Gasteiger partial charge on any atom is 0.346 e. The van der Waals surface area contributed by atoms with E-state index >= 15 is 0 Å². The van der Waals surface area contributed by atoms with Gasteiger partial charge in [-0.05, 0) is 51.3 Å². The van der Waals surface area contributed by atoms with E-state index in [0.717, 1.165) is 42.8 Å². The van der Waals surface area contributed by atoms with Gasteiger partial charge in [0.15, 0.2) is 0 Å². The van der Waals surface area contributed by atoms with Crippen molar-refractivity contribution in [2.24, 2.45) is 0 Å². The molecule has 1 unspecified atom stereocenters. The van der Waals surface area contributed by atoms with Crippen molar-refractivity contribution < 1.29 is 9.53 Å². The zero-order chi connectivity index (χ0) is 19.4. The van der Waals surface area contributed by atoms with Crippen molar-refractivity contribution in [2.75, 3.05) is 0 Å². The van der Waals surface area contributed by atoms with E-state index in [1.165, 1.54) is 4.68 Å². The molecular weight excluding hydrogens is 344 g/mol. The van der Waals surface area contributed by atoms with Crippen LogP contribution in [0.4, 0.5) is 0 Å². The van der Waals surface area contributed by atoms with Crippen molar-refractivity contribution in [3.63, 3.8) is 0 Å². The monoisotopic (exact) mass is 372 g/mol. The standard InChI is InChI=1S/C20H28N4O3/c1-14(2)27-17-10-8-16(9-11-17)15(3)21-19(25)13-24-20(26)23-12-6-4-5-7-18(23)22-24/h8-11,14-15H,4-7,12-13H2,1-3H3,(H,21,25). The summed E-state index contributed by atoms with van der Waals surface area (Å²) in [6.45, 7) is 6.51. The van der Waals surface area contributed by atoms with Gasteiger partial charge in [0.25, 0.3) is 0 Å². The highest BCUT2D eigenvalue weighted by Gasteiger charge is 2.18. The van der Waals surface area contributed by atoms with Gasteiger partial charge in [0.05, 0.1) is 12.1 Å². The average molecular weight is 372 g/mol. The van der Waals surface area contributed by atoms with E-state index in [0.29, 0.717) is 6.54 Å². The fraction of sp³-hybridized carbons (Fsp3) is 0.550. The molecule has 1 aliphatic rings. The minimum atomic E-state index is -0.222. The quantitative estimate of drug-likeness (QED) is 0.845. The average Bonchev–Trinajstić information content (AvgIpc) is 2.79. The number of amides is 1. The van der Waals surface area contributed by atoms with E-state index in [-0.39, 0.29) is 30.3 Å². The lowest BCUT2D eigenvalue weighted by Crippen LogP contribution is -2.35. The zero-order valence-electron chi connectivity index (χ0n) is 16.3. The van der Waals surface area contributed by atoms with Gasteiger partial charge in [-0.15, -0.1) is 0 Å². The molecule has 0 fully saturated rings. The molecule has 0 spiro atoms. The molecule has 1 aliphatic heterocycles. The molecule has 0 saturated heterocycles. The number of hydrogen-bond acceptors (Lipinski definition) is 4. The number of benzene rings is 1. The summed E-state index contributed by atoms with van der Waals surface area (Å²) in [6, 6.07) is 7.51. The summed E-state index contributed by atoms with van der Waals surface area (Å²) in [5, 5.41) is 7.30. The Hall–Kier alpha value is -2.57. The number of aromatic nitrogens is 3. The minimum absolute atomic E-state index is 0.0578. The third kappa shape index (κ3) is 4.78. The number of nitrogens with one attached hydrogen (secondary N) is 1. The summed E-state index contributed by atoms with van der Waals surface area (Å²) < 4.78 is 8.62. The molecule has 1 N–H and O–H groups in total. The predicted molar refractivity (Wildman–Crippen MR) is 103 cm³/mol. The van der Waals surface area contributed by atoms with E-state index in [1.807, 2.05) is 45.0 Å². The Morgan fingerprint density at radius 3 is 2.63 bits per heavy atom. The number of hydrogen-bond donors (Lipinski definition) is 1. The highest BCUT2D eigenvalue weighted by Crippen LogP contribution is 2.18. The van der Waals surface area contributed by atoms with E-state index in [9.17, 15) is 9.59 Å². The van der Waals surface area contributed by atoms with E-state index in [1.54, 1.807) is 4.57 Å². The largest absolute Gasteiger partial charge is 0.491 e. The predicted octanol–water partition coefficient (Wildman–Crippen LogP) is 2.44. The van der Waals surface area contributed by atoms with Crippen molar-refractivity contribution in [1.29, 1.82) is 0 Å². The van der Waals surface area contributed by atoms with Crippen LogP contribution in [0.2, 0.25) is 0 Å². The third-order valence-electron chi connectivity index (χ3n) is 4.70. The molecule has 7 heteroatoms. The molecule has 1 amide bonds. The van der Waals surface area contributed by atoms with E-state index < -0.39 is 0 Å². The fourth-order valence-corrected chi connectivity index (χ4v) is 3.34. The Morgan fingerprint density at radius 2 is 1.93 bits per heavy atom. The maximum atomic E-state index is 12.5. The first-order valence-corrected chi connectivity index (χ1v) is 9.66. The summed E-state index contributed by atoms with van der Waals surface area (Å²) in [4.78, 5) is 24.8. The molecule has 3 rings (SSSR count). The van der Waals surface area contributed by atoms with Gasteiger partial charge in [-0.25, -0.2) is 9.48 Å². The van der Waals surface area contributed by atoms with Crippen LogP contribution < -0.4 is 15.7 Å². The van der Waals surface area contributed by atoms with Crippen LogP contribution >= 0.6 is 0 Å². The van der Waals surface area contributed by atoms with Crippen LogP contribution in [0.3, 0.4) is 0 Å². The molecule has 0 saturated carbocycles. The maximum absolute atomic E-state index is 12.5. The summed E-state index contributed by atoms with van der Waals surface area (Å²) in [5.74, 6) is 1.37. The Balaban J connectivity index is 1.61. The van der Waals surface area contributed by atoms with Gasteiger partial charge in [-0.1, -0.05) is 18.6 Å². The second-order valence-electron chi connectivity index (χ2n) is 7.34. The lowest BCUT2D eigenvalue weighted by molar-refractivity contribution is -0.122. The normalized spacial score (nSPS) is 15.1. The van der Waals surface area contributed by atoms with Crippen LogP contribution in [-0.4, -0.2) is 26.4 Å².